The summed E-state index contributed by atoms with van der Waals surface area (Å²) in [5.41, 5.74) is 4.75. The summed E-state index contributed by atoms with van der Waals surface area (Å²) in [6, 6.07) is 16.5. The Morgan fingerprint density at radius 3 is 2.30 bits per heavy atom. The Kier molecular flexibility index (Phi) is 5.81. The molecule has 0 radical (unpaired) electrons. The van der Waals surface area contributed by atoms with Crippen LogP contribution in [0.4, 0.5) is 4.79 Å². The van der Waals surface area contributed by atoms with Crippen molar-refractivity contribution >= 4 is 23.4 Å². The van der Waals surface area contributed by atoms with Crippen molar-refractivity contribution in [1.82, 2.24) is 9.88 Å². The van der Waals surface area contributed by atoms with Gasteiger partial charge < -0.3 is 14.7 Å². The molecule has 1 aromatic heterocycles. The van der Waals surface area contributed by atoms with Crippen molar-refractivity contribution in [3.05, 3.63) is 75.7 Å². The number of rotatable bonds is 7. The third-order valence-electron chi connectivity index (χ3n) is 5.34. The first-order valence-corrected chi connectivity index (χ1v) is 10.7. The molecule has 0 spiro atoms. The first-order valence-electron chi connectivity index (χ1n) is 9.86. The molecule has 0 atom stereocenters. The number of carboxylic acids is 1. The van der Waals surface area contributed by atoms with Crippen LogP contribution >= 0.6 is 11.3 Å². The van der Waals surface area contributed by atoms with Gasteiger partial charge in [0.1, 0.15) is 11.5 Å². The van der Waals surface area contributed by atoms with Gasteiger partial charge in [-0.3, -0.25) is 0 Å². The average Bonchev–Trinajstić information content (AvgIpc) is 3.36. The average molecular weight is 423 g/mol. The molecule has 2 aromatic carbocycles. The van der Waals surface area contributed by atoms with Crippen molar-refractivity contribution in [2.24, 2.45) is 0 Å². The number of benzene rings is 2. The molecular weight excluding hydrogens is 400 g/mol. The molecule has 1 heterocycles. The van der Waals surface area contributed by atoms with Crippen LogP contribution in [0.15, 0.2) is 54.7 Å². The van der Waals surface area contributed by atoms with Gasteiger partial charge in [0.05, 0.1) is 11.2 Å². The maximum absolute atomic E-state index is 12.7. The van der Waals surface area contributed by atoms with Crippen molar-refractivity contribution in [3.8, 4) is 11.1 Å². The highest BCUT2D eigenvalue weighted by atomic mass is 32.1. The third-order valence-corrected chi connectivity index (χ3v) is 6.38. The third kappa shape index (κ3) is 3.93. The molecule has 0 saturated carbocycles. The fourth-order valence-corrected chi connectivity index (χ4v) is 4.56. The highest BCUT2D eigenvalue weighted by Gasteiger charge is 2.29. The lowest BCUT2D eigenvalue weighted by Gasteiger charge is -2.22. The predicted octanol–water partition coefficient (Wildman–Crippen LogP) is 4.65. The molecule has 1 amide bonds. The van der Waals surface area contributed by atoms with E-state index in [0.29, 0.717) is 24.5 Å². The minimum atomic E-state index is -0.984. The van der Waals surface area contributed by atoms with E-state index in [1.165, 1.54) is 28.5 Å². The molecule has 4 rings (SSSR count). The summed E-state index contributed by atoms with van der Waals surface area (Å²) in [7, 11) is 0. The van der Waals surface area contributed by atoms with E-state index in [2.05, 4.69) is 29.2 Å². The molecule has 154 valence electrons. The van der Waals surface area contributed by atoms with Gasteiger partial charge in [-0.15, -0.1) is 11.3 Å². The minimum Gasteiger partial charge on any atom is -0.477 e. The Morgan fingerprint density at radius 1 is 1.10 bits per heavy atom. The number of fused-ring (bicyclic) bond motifs is 3. The van der Waals surface area contributed by atoms with Gasteiger partial charge in [-0.2, -0.15) is 0 Å². The number of carboxylic acid groups (broad SMARTS) is 1. The molecule has 0 bridgehead atoms. The number of amides is 1. The number of nitrogens with zero attached hydrogens (tertiary/aromatic N) is 2. The number of ether oxygens (including phenoxy) is 1. The van der Waals surface area contributed by atoms with E-state index >= 15 is 0 Å². The van der Waals surface area contributed by atoms with Crippen LogP contribution in [0, 0.1) is 0 Å². The van der Waals surface area contributed by atoms with Gasteiger partial charge in [0.25, 0.3) is 0 Å². The molecule has 0 saturated heterocycles. The molecule has 0 fully saturated rings. The van der Waals surface area contributed by atoms with E-state index in [1.54, 1.807) is 4.90 Å². The van der Waals surface area contributed by atoms with Gasteiger partial charge in [0, 0.05) is 25.4 Å². The zero-order valence-corrected chi connectivity index (χ0v) is 17.4. The monoisotopic (exact) mass is 422 g/mol. The highest BCUT2D eigenvalue weighted by Crippen LogP contribution is 2.44. The van der Waals surface area contributed by atoms with E-state index in [1.807, 2.05) is 31.2 Å². The van der Waals surface area contributed by atoms with Gasteiger partial charge in [-0.05, 0) is 29.2 Å². The predicted molar refractivity (Wildman–Crippen MR) is 115 cm³/mol. The summed E-state index contributed by atoms with van der Waals surface area (Å²) in [5, 5.41) is 9.70. The Balaban J connectivity index is 1.40. The van der Waals surface area contributed by atoms with E-state index < -0.39 is 5.97 Å². The Morgan fingerprint density at radius 2 is 1.73 bits per heavy atom. The number of hydrogen-bond acceptors (Lipinski definition) is 5. The number of aromatic nitrogens is 1. The minimum absolute atomic E-state index is 0.0251. The van der Waals surface area contributed by atoms with Crippen LogP contribution < -0.4 is 0 Å². The highest BCUT2D eigenvalue weighted by molar-refractivity contribution is 7.13. The SMILES string of the molecule is CCN(CCc1ncc(C(=O)O)s1)C(=O)OCC1c2ccccc2-c2ccccc21. The number of hydrogen-bond donors (Lipinski definition) is 1. The fraction of sp³-hybridized carbons (Fsp3) is 0.261. The molecule has 1 N–H and O–H groups in total. The largest absolute Gasteiger partial charge is 0.477 e. The van der Waals surface area contributed by atoms with Gasteiger partial charge in [0.2, 0.25) is 0 Å². The van der Waals surface area contributed by atoms with Gasteiger partial charge in [-0.25, -0.2) is 14.6 Å². The second-order valence-corrected chi connectivity index (χ2v) is 8.17. The normalized spacial score (nSPS) is 12.3. The molecule has 1 aliphatic rings. The lowest BCUT2D eigenvalue weighted by molar-refractivity contribution is 0.0701. The van der Waals surface area contributed by atoms with Crippen molar-refractivity contribution < 1.29 is 19.4 Å². The van der Waals surface area contributed by atoms with Crippen LogP contribution in [0.5, 0.6) is 0 Å². The van der Waals surface area contributed by atoms with Crippen LogP contribution in [0.3, 0.4) is 0 Å². The Bertz CT molecular complexity index is 1030. The van der Waals surface area contributed by atoms with Gasteiger partial charge in [-0.1, -0.05) is 48.5 Å². The molecule has 0 aliphatic heterocycles. The summed E-state index contributed by atoms with van der Waals surface area (Å²) in [4.78, 5) is 29.6. The van der Waals surface area contributed by atoms with Crippen molar-refractivity contribution in [3.63, 3.8) is 0 Å². The number of likely N-dealkylation sites (N-methyl/N-ethyl adjacent to an activating group) is 1. The molecule has 7 heteroatoms. The van der Waals surface area contributed by atoms with Gasteiger partial charge >= 0.3 is 12.1 Å². The first-order chi connectivity index (χ1) is 14.6. The van der Waals surface area contributed by atoms with Gasteiger partial charge in [0.15, 0.2) is 0 Å². The van der Waals surface area contributed by atoms with Crippen molar-refractivity contribution in [1.29, 1.82) is 0 Å². The number of carbonyl (C=O) groups is 2. The summed E-state index contributed by atoms with van der Waals surface area (Å²) in [6.07, 6.45) is 1.48. The van der Waals surface area contributed by atoms with Crippen LogP contribution in [-0.2, 0) is 11.2 Å². The second-order valence-electron chi connectivity index (χ2n) is 7.06. The quantitative estimate of drug-likeness (QED) is 0.599. The van der Waals surface area contributed by atoms with Crippen molar-refractivity contribution in [2.75, 3.05) is 19.7 Å². The second kappa shape index (κ2) is 8.67. The number of thiazole rings is 1. The lowest BCUT2D eigenvalue weighted by atomic mass is 9.98. The van der Waals surface area contributed by atoms with E-state index in [-0.39, 0.29) is 23.5 Å². The Hall–Kier alpha value is -3.19. The summed E-state index contributed by atoms with van der Waals surface area (Å²) in [6.45, 7) is 3.11. The van der Waals surface area contributed by atoms with E-state index in [0.717, 1.165) is 11.3 Å². The maximum atomic E-state index is 12.7. The van der Waals surface area contributed by atoms with Crippen LogP contribution in [-0.4, -0.2) is 46.7 Å². The number of aromatic carboxylic acids is 1. The summed E-state index contributed by atoms with van der Waals surface area (Å²) in [5.74, 6) is -0.959. The smallest absolute Gasteiger partial charge is 0.409 e. The molecule has 3 aromatic rings. The van der Waals surface area contributed by atoms with Crippen LogP contribution in [0.25, 0.3) is 11.1 Å². The summed E-state index contributed by atoms with van der Waals surface area (Å²) < 4.78 is 5.70. The molecule has 30 heavy (non-hydrogen) atoms. The summed E-state index contributed by atoms with van der Waals surface area (Å²) >= 11 is 1.13. The lowest BCUT2D eigenvalue weighted by Crippen LogP contribution is -2.34. The molecule has 0 unspecified atom stereocenters. The molecule has 6 nitrogen and oxygen atoms in total. The molecular formula is C23H22N2O4S. The maximum Gasteiger partial charge on any atom is 0.409 e. The molecule has 1 aliphatic carbocycles. The fourth-order valence-electron chi connectivity index (χ4n) is 3.82. The van der Waals surface area contributed by atoms with Crippen LogP contribution in [0.1, 0.15) is 38.6 Å². The zero-order chi connectivity index (χ0) is 21.1. The number of carbonyl (C=O) groups excluding carboxylic acids is 1. The van der Waals surface area contributed by atoms with Crippen molar-refractivity contribution in [2.45, 2.75) is 19.3 Å². The zero-order valence-electron chi connectivity index (χ0n) is 16.6. The van der Waals surface area contributed by atoms with E-state index in [9.17, 15) is 9.59 Å². The standard InChI is InChI=1S/C23H22N2O4S/c1-2-25(12-11-21-24-13-20(30-21)22(26)27)23(28)29-14-19-17-9-5-3-7-15(17)16-8-4-6-10-18(16)19/h3-10,13,19H,2,11-12,14H2,1H3,(H,26,27). The Labute approximate surface area is 178 Å². The van der Waals surface area contributed by atoms with E-state index in [4.69, 9.17) is 9.84 Å². The first kappa shape index (κ1) is 20.1. The topological polar surface area (TPSA) is 79.7 Å². The van der Waals surface area contributed by atoms with Crippen LogP contribution in [0.2, 0.25) is 0 Å².